The van der Waals surface area contributed by atoms with E-state index in [0.29, 0.717) is 16.7 Å². The van der Waals surface area contributed by atoms with Gasteiger partial charge in [0.2, 0.25) is 0 Å². The summed E-state index contributed by atoms with van der Waals surface area (Å²) in [5.41, 5.74) is 8.86. The molecule has 0 unspecified atom stereocenters. The number of anilines is 1. The predicted molar refractivity (Wildman–Crippen MR) is 79.1 cm³/mol. The molecule has 0 aliphatic heterocycles. The van der Waals surface area contributed by atoms with Crippen LogP contribution in [0.3, 0.4) is 0 Å². The van der Waals surface area contributed by atoms with Gasteiger partial charge < -0.3 is 5.73 Å². The fraction of sp³-hybridized carbons (Fsp3) is 0.0667. The Morgan fingerprint density at radius 2 is 1.84 bits per heavy atom. The van der Waals surface area contributed by atoms with Gasteiger partial charge in [0.15, 0.2) is 5.82 Å². The molecule has 1 heterocycles. The molecule has 2 aromatic carbocycles. The number of aromatic nitrogens is 2. The number of fused-ring (bicyclic) bond motifs is 1. The Kier molecular flexibility index (Phi) is 2.84. The number of hydrogen-bond acceptors (Lipinski definition) is 3. The highest BCUT2D eigenvalue weighted by Crippen LogP contribution is 2.26. The Hall–Kier alpha value is -2.13. The molecule has 0 amide bonds. The van der Waals surface area contributed by atoms with Gasteiger partial charge in [-0.25, -0.2) is 9.97 Å². The second-order valence-corrected chi connectivity index (χ2v) is 4.85. The van der Waals surface area contributed by atoms with Gasteiger partial charge >= 0.3 is 0 Å². The normalized spacial score (nSPS) is 10.8. The molecule has 0 fully saturated rings. The number of benzene rings is 2. The van der Waals surface area contributed by atoms with Gasteiger partial charge in [0.05, 0.1) is 5.52 Å². The van der Waals surface area contributed by atoms with Crippen LogP contribution in [0.1, 0.15) is 5.56 Å². The second-order valence-electron chi connectivity index (χ2n) is 4.41. The Balaban J connectivity index is 2.29. The summed E-state index contributed by atoms with van der Waals surface area (Å²) in [5, 5.41) is 1.46. The molecule has 0 atom stereocenters. The first-order valence-corrected chi connectivity index (χ1v) is 6.32. The number of nitrogens with two attached hydrogens (primary N) is 1. The smallest absolute Gasteiger partial charge is 0.162 e. The van der Waals surface area contributed by atoms with Crippen molar-refractivity contribution in [3.8, 4) is 11.4 Å². The predicted octanol–water partition coefficient (Wildman–Crippen LogP) is 3.84. The molecule has 0 spiro atoms. The molecule has 0 bridgehead atoms. The van der Waals surface area contributed by atoms with Crippen LogP contribution in [0.25, 0.3) is 22.3 Å². The van der Waals surface area contributed by atoms with E-state index in [9.17, 15) is 0 Å². The Bertz CT molecular complexity index is 768. The molecular formula is C15H12ClN3. The summed E-state index contributed by atoms with van der Waals surface area (Å²) in [6.07, 6.45) is 0. The van der Waals surface area contributed by atoms with Crippen molar-refractivity contribution < 1.29 is 0 Å². The highest BCUT2D eigenvalue weighted by molar-refractivity contribution is 6.31. The lowest BCUT2D eigenvalue weighted by molar-refractivity contribution is 1.22. The molecule has 19 heavy (non-hydrogen) atoms. The maximum Gasteiger partial charge on any atom is 0.162 e. The van der Waals surface area contributed by atoms with Crippen molar-refractivity contribution in [2.75, 3.05) is 5.73 Å². The third-order valence-corrected chi connectivity index (χ3v) is 3.31. The first-order chi connectivity index (χ1) is 9.15. The maximum atomic E-state index is 6.00. The molecule has 0 saturated heterocycles. The van der Waals surface area contributed by atoms with Crippen LogP contribution in [0.2, 0.25) is 5.02 Å². The topological polar surface area (TPSA) is 51.8 Å². The minimum absolute atomic E-state index is 0.472. The van der Waals surface area contributed by atoms with Crippen molar-refractivity contribution in [2.45, 2.75) is 6.92 Å². The van der Waals surface area contributed by atoms with Crippen LogP contribution in [-0.2, 0) is 0 Å². The summed E-state index contributed by atoms with van der Waals surface area (Å²) in [6, 6.07) is 13.4. The summed E-state index contributed by atoms with van der Waals surface area (Å²) in [4.78, 5) is 8.94. The highest BCUT2D eigenvalue weighted by Gasteiger charge is 2.09. The lowest BCUT2D eigenvalue weighted by Gasteiger charge is -2.07. The first-order valence-electron chi connectivity index (χ1n) is 5.94. The summed E-state index contributed by atoms with van der Waals surface area (Å²) >= 11 is 6.00. The average Bonchev–Trinajstić information content (AvgIpc) is 2.38. The summed E-state index contributed by atoms with van der Waals surface area (Å²) in [6.45, 7) is 2.02. The van der Waals surface area contributed by atoms with Gasteiger partial charge in [0.25, 0.3) is 0 Å². The van der Waals surface area contributed by atoms with E-state index < -0.39 is 0 Å². The number of halogens is 1. The van der Waals surface area contributed by atoms with E-state index in [1.54, 1.807) is 12.1 Å². The van der Waals surface area contributed by atoms with E-state index in [4.69, 9.17) is 17.3 Å². The van der Waals surface area contributed by atoms with Crippen LogP contribution in [0.15, 0.2) is 42.5 Å². The van der Waals surface area contributed by atoms with E-state index in [-0.39, 0.29) is 0 Å². The van der Waals surface area contributed by atoms with Gasteiger partial charge in [0.1, 0.15) is 5.82 Å². The second kappa shape index (κ2) is 4.52. The molecule has 3 rings (SSSR count). The van der Waals surface area contributed by atoms with Crippen LogP contribution < -0.4 is 5.73 Å². The van der Waals surface area contributed by atoms with Gasteiger partial charge in [-0.3, -0.25) is 0 Å². The lowest BCUT2D eigenvalue weighted by Crippen LogP contribution is -1.98. The van der Waals surface area contributed by atoms with Crippen LogP contribution in [-0.4, -0.2) is 9.97 Å². The maximum absolute atomic E-state index is 6.00. The molecule has 3 nitrogen and oxygen atoms in total. The van der Waals surface area contributed by atoms with Crippen molar-refractivity contribution in [1.29, 1.82) is 0 Å². The molecular weight excluding hydrogens is 258 g/mol. The monoisotopic (exact) mass is 269 g/mol. The van der Waals surface area contributed by atoms with Crippen LogP contribution in [0, 0.1) is 6.92 Å². The fourth-order valence-corrected chi connectivity index (χ4v) is 2.24. The Morgan fingerprint density at radius 1 is 1.05 bits per heavy atom. The lowest BCUT2D eigenvalue weighted by atomic mass is 10.1. The van der Waals surface area contributed by atoms with Crippen LogP contribution in [0.4, 0.5) is 5.82 Å². The summed E-state index contributed by atoms with van der Waals surface area (Å²) in [5.74, 6) is 1.10. The molecule has 2 N–H and O–H groups in total. The van der Waals surface area contributed by atoms with Gasteiger partial charge in [-0.15, -0.1) is 0 Å². The van der Waals surface area contributed by atoms with Crippen molar-refractivity contribution >= 4 is 28.3 Å². The average molecular weight is 270 g/mol. The Morgan fingerprint density at radius 3 is 2.63 bits per heavy atom. The van der Waals surface area contributed by atoms with Crippen molar-refractivity contribution in [3.05, 3.63) is 53.1 Å². The van der Waals surface area contributed by atoms with E-state index in [1.165, 1.54) is 0 Å². The molecule has 0 aliphatic rings. The largest absolute Gasteiger partial charge is 0.383 e. The zero-order valence-corrected chi connectivity index (χ0v) is 11.1. The fourth-order valence-electron chi connectivity index (χ4n) is 2.07. The SMILES string of the molecule is Cc1ccccc1-c1nc(N)c2ccc(Cl)cc2n1. The number of aryl methyl sites for hydroxylation is 1. The van der Waals surface area contributed by atoms with Gasteiger partial charge in [-0.1, -0.05) is 35.9 Å². The Labute approximate surface area is 116 Å². The molecule has 0 saturated carbocycles. The zero-order valence-electron chi connectivity index (χ0n) is 10.4. The quantitative estimate of drug-likeness (QED) is 0.730. The van der Waals surface area contributed by atoms with Crippen LogP contribution >= 0.6 is 11.6 Å². The van der Waals surface area contributed by atoms with E-state index >= 15 is 0 Å². The number of nitrogens with zero attached hydrogens (tertiary/aromatic N) is 2. The zero-order chi connectivity index (χ0) is 13.4. The standard InChI is InChI=1S/C15H12ClN3/c1-9-4-2-3-5-11(9)15-18-13-8-10(16)6-7-12(13)14(17)19-15/h2-8H,1H3,(H2,17,18,19). The van der Waals surface area contributed by atoms with Gasteiger partial charge in [-0.2, -0.15) is 0 Å². The summed E-state index contributed by atoms with van der Waals surface area (Å²) < 4.78 is 0. The number of hydrogen-bond donors (Lipinski definition) is 1. The first kappa shape index (κ1) is 11.9. The number of rotatable bonds is 1. The van der Waals surface area contributed by atoms with Crippen molar-refractivity contribution in [3.63, 3.8) is 0 Å². The van der Waals surface area contributed by atoms with E-state index in [0.717, 1.165) is 22.0 Å². The minimum atomic E-state index is 0.472. The van der Waals surface area contributed by atoms with Gasteiger partial charge in [-0.05, 0) is 30.7 Å². The highest BCUT2D eigenvalue weighted by atomic mass is 35.5. The molecule has 94 valence electrons. The van der Waals surface area contributed by atoms with Gasteiger partial charge in [0, 0.05) is 16.0 Å². The minimum Gasteiger partial charge on any atom is -0.383 e. The summed E-state index contributed by atoms with van der Waals surface area (Å²) in [7, 11) is 0. The molecule has 0 radical (unpaired) electrons. The number of nitrogen functional groups attached to an aromatic ring is 1. The van der Waals surface area contributed by atoms with E-state index in [2.05, 4.69) is 9.97 Å². The van der Waals surface area contributed by atoms with Crippen LogP contribution in [0.5, 0.6) is 0 Å². The molecule has 0 aliphatic carbocycles. The molecule has 1 aromatic heterocycles. The van der Waals surface area contributed by atoms with Crippen molar-refractivity contribution in [2.24, 2.45) is 0 Å². The molecule has 3 aromatic rings. The third-order valence-electron chi connectivity index (χ3n) is 3.07. The van der Waals surface area contributed by atoms with Crippen molar-refractivity contribution in [1.82, 2.24) is 9.97 Å². The third kappa shape index (κ3) is 2.13. The molecule has 4 heteroatoms. The van der Waals surface area contributed by atoms with E-state index in [1.807, 2.05) is 37.3 Å².